The Bertz CT molecular complexity index is 823. The highest BCUT2D eigenvalue weighted by Crippen LogP contribution is 2.13. The first-order valence-corrected chi connectivity index (χ1v) is 8.09. The maximum absolute atomic E-state index is 12.2. The lowest BCUT2D eigenvalue weighted by atomic mass is 10.1. The van der Waals surface area contributed by atoms with E-state index < -0.39 is 0 Å². The molecule has 0 aliphatic rings. The number of hydrogen-bond donors (Lipinski definition) is 1. The second kappa shape index (κ2) is 7.32. The maximum atomic E-state index is 12.2. The maximum Gasteiger partial charge on any atom is 0.229 e. The third-order valence-electron chi connectivity index (χ3n) is 3.71. The summed E-state index contributed by atoms with van der Waals surface area (Å²) in [6, 6.07) is 17.3. The van der Waals surface area contributed by atoms with Crippen LogP contribution < -0.4 is 5.32 Å². The lowest BCUT2D eigenvalue weighted by molar-refractivity contribution is -0.115. The fraction of sp³-hybridized carbons (Fsp3) is 0.158. The molecule has 3 rings (SSSR count). The van der Waals surface area contributed by atoms with Crippen molar-refractivity contribution >= 4 is 23.3 Å². The summed E-state index contributed by atoms with van der Waals surface area (Å²) in [7, 11) is 0. The van der Waals surface area contributed by atoms with Crippen LogP contribution in [0.5, 0.6) is 0 Å². The van der Waals surface area contributed by atoms with E-state index in [2.05, 4.69) is 41.6 Å². The van der Waals surface area contributed by atoms with Crippen LogP contribution in [0.15, 0.2) is 60.8 Å². The molecule has 1 N–H and O–H groups in total. The summed E-state index contributed by atoms with van der Waals surface area (Å²) in [5.41, 5.74) is 3.27. The molecule has 4 nitrogen and oxygen atoms in total. The zero-order chi connectivity index (χ0) is 16.9. The molecular weight excluding hydrogens is 322 g/mol. The van der Waals surface area contributed by atoms with Crippen LogP contribution in [-0.4, -0.2) is 15.7 Å². The summed E-state index contributed by atoms with van der Waals surface area (Å²) in [4.78, 5) is 12.2. The minimum Gasteiger partial charge on any atom is -0.311 e. The van der Waals surface area contributed by atoms with E-state index in [9.17, 15) is 4.79 Å². The zero-order valence-electron chi connectivity index (χ0n) is 13.4. The number of amides is 1. The number of aromatic nitrogens is 2. The molecular formula is C19H18ClN3O. The molecule has 0 fully saturated rings. The van der Waals surface area contributed by atoms with Gasteiger partial charge in [-0.1, -0.05) is 53.6 Å². The fourth-order valence-electron chi connectivity index (χ4n) is 2.41. The van der Waals surface area contributed by atoms with Gasteiger partial charge in [0.1, 0.15) is 5.82 Å². The smallest absolute Gasteiger partial charge is 0.229 e. The Morgan fingerprint density at radius 1 is 1.04 bits per heavy atom. The Kier molecular flexibility index (Phi) is 4.96. The van der Waals surface area contributed by atoms with Gasteiger partial charge in [0.15, 0.2) is 0 Å². The molecule has 1 aromatic heterocycles. The predicted molar refractivity (Wildman–Crippen MR) is 96.3 cm³/mol. The van der Waals surface area contributed by atoms with Gasteiger partial charge in [-0.05, 0) is 30.2 Å². The Hall–Kier alpha value is -2.59. The molecule has 2 aromatic carbocycles. The van der Waals surface area contributed by atoms with Crippen LogP contribution in [0, 0.1) is 6.92 Å². The number of carbonyl (C=O) groups is 1. The fourth-order valence-corrected chi connectivity index (χ4v) is 2.53. The minimum atomic E-state index is -0.0806. The molecule has 122 valence electrons. The van der Waals surface area contributed by atoms with Gasteiger partial charge in [0, 0.05) is 11.1 Å². The largest absolute Gasteiger partial charge is 0.311 e. The zero-order valence-corrected chi connectivity index (χ0v) is 14.1. The van der Waals surface area contributed by atoms with Gasteiger partial charge in [-0.2, -0.15) is 5.10 Å². The highest BCUT2D eigenvalue weighted by Gasteiger charge is 2.09. The summed E-state index contributed by atoms with van der Waals surface area (Å²) < 4.78 is 1.78. The molecule has 3 aromatic rings. The highest BCUT2D eigenvalue weighted by atomic mass is 35.5. The number of nitrogens with one attached hydrogen (secondary N) is 1. The Morgan fingerprint density at radius 2 is 1.71 bits per heavy atom. The van der Waals surface area contributed by atoms with Crippen LogP contribution in [0.4, 0.5) is 5.82 Å². The molecule has 1 amide bonds. The number of benzene rings is 2. The van der Waals surface area contributed by atoms with Crippen LogP contribution in [0.25, 0.3) is 0 Å². The third kappa shape index (κ3) is 4.24. The van der Waals surface area contributed by atoms with E-state index in [-0.39, 0.29) is 5.91 Å². The second-order valence-electron chi connectivity index (χ2n) is 5.71. The molecule has 0 atom stereocenters. The van der Waals surface area contributed by atoms with Gasteiger partial charge in [-0.3, -0.25) is 4.79 Å². The van der Waals surface area contributed by atoms with Crippen molar-refractivity contribution in [1.82, 2.24) is 9.78 Å². The van der Waals surface area contributed by atoms with Crippen LogP contribution >= 0.6 is 11.6 Å². The monoisotopic (exact) mass is 339 g/mol. The number of carbonyl (C=O) groups excluding carboxylic acids is 1. The molecule has 0 saturated carbocycles. The summed E-state index contributed by atoms with van der Waals surface area (Å²) in [6.45, 7) is 2.67. The minimum absolute atomic E-state index is 0.0806. The lowest BCUT2D eigenvalue weighted by Gasteiger charge is -2.09. The van der Waals surface area contributed by atoms with Crippen molar-refractivity contribution < 1.29 is 4.79 Å². The third-order valence-corrected chi connectivity index (χ3v) is 3.97. The van der Waals surface area contributed by atoms with E-state index >= 15 is 0 Å². The SMILES string of the molecule is Cc1ccc(Cn2nccc2NC(=O)Cc2ccc(Cl)cc2)cc1. The molecule has 0 unspecified atom stereocenters. The van der Waals surface area contributed by atoms with Gasteiger partial charge in [0.2, 0.25) is 5.91 Å². The van der Waals surface area contributed by atoms with Crippen molar-refractivity contribution in [1.29, 1.82) is 0 Å². The first-order valence-electron chi connectivity index (χ1n) is 7.72. The van der Waals surface area contributed by atoms with E-state index in [1.54, 1.807) is 29.1 Å². The molecule has 5 heteroatoms. The van der Waals surface area contributed by atoms with Crippen LogP contribution in [0.1, 0.15) is 16.7 Å². The van der Waals surface area contributed by atoms with Crippen LogP contribution in [0.3, 0.4) is 0 Å². The van der Waals surface area contributed by atoms with Crippen molar-refractivity contribution in [3.05, 3.63) is 82.5 Å². The van der Waals surface area contributed by atoms with Crippen molar-refractivity contribution in [2.75, 3.05) is 5.32 Å². The number of nitrogens with zero attached hydrogens (tertiary/aromatic N) is 2. The van der Waals surface area contributed by atoms with Crippen LogP contribution in [0.2, 0.25) is 5.02 Å². The number of aryl methyl sites for hydroxylation is 1. The van der Waals surface area contributed by atoms with Crippen molar-refractivity contribution in [3.63, 3.8) is 0 Å². The van der Waals surface area contributed by atoms with Gasteiger partial charge in [0.05, 0.1) is 19.2 Å². The van der Waals surface area contributed by atoms with E-state index in [0.29, 0.717) is 23.8 Å². The quantitative estimate of drug-likeness (QED) is 0.761. The first-order chi connectivity index (χ1) is 11.6. The standard InChI is InChI=1S/C19H18ClN3O/c1-14-2-4-16(5-3-14)13-23-18(10-11-21-23)22-19(24)12-15-6-8-17(20)9-7-15/h2-11H,12-13H2,1H3,(H,22,24). The first kappa shape index (κ1) is 16.3. The number of rotatable bonds is 5. The average Bonchev–Trinajstić information content (AvgIpc) is 2.98. The van der Waals surface area contributed by atoms with Crippen LogP contribution in [-0.2, 0) is 17.8 Å². The molecule has 0 saturated heterocycles. The molecule has 0 spiro atoms. The molecule has 0 radical (unpaired) electrons. The van der Waals surface area contributed by atoms with Gasteiger partial charge in [0.25, 0.3) is 0 Å². The van der Waals surface area contributed by atoms with E-state index in [4.69, 9.17) is 11.6 Å². The molecule has 0 bridgehead atoms. The van der Waals surface area contributed by atoms with Gasteiger partial charge in [-0.25, -0.2) is 4.68 Å². The summed E-state index contributed by atoms with van der Waals surface area (Å²) in [5.74, 6) is 0.609. The normalized spacial score (nSPS) is 10.6. The molecule has 1 heterocycles. The number of hydrogen-bond acceptors (Lipinski definition) is 2. The van der Waals surface area contributed by atoms with E-state index in [1.165, 1.54) is 5.56 Å². The number of halogens is 1. The molecule has 0 aliphatic carbocycles. The Morgan fingerprint density at radius 3 is 2.42 bits per heavy atom. The second-order valence-corrected chi connectivity index (χ2v) is 6.15. The predicted octanol–water partition coefficient (Wildman–Crippen LogP) is 4.07. The Labute approximate surface area is 146 Å². The van der Waals surface area contributed by atoms with Crippen molar-refractivity contribution in [3.8, 4) is 0 Å². The molecule has 0 aliphatic heterocycles. The number of anilines is 1. The van der Waals surface area contributed by atoms with Crippen molar-refractivity contribution in [2.24, 2.45) is 0 Å². The lowest BCUT2D eigenvalue weighted by Crippen LogP contribution is -2.18. The average molecular weight is 340 g/mol. The van der Waals surface area contributed by atoms with Gasteiger partial charge in [-0.15, -0.1) is 0 Å². The van der Waals surface area contributed by atoms with Gasteiger partial charge >= 0.3 is 0 Å². The van der Waals surface area contributed by atoms with E-state index in [1.807, 2.05) is 12.1 Å². The Balaban J connectivity index is 1.65. The van der Waals surface area contributed by atoms with Gasteiger partial charge < -0.3 is 5.32 Å². The van der Waals surface area contributed by atoms with Crippen molar-refractivity contribution in [2.45, 2.75) is 19.9 Å². The highest BCUT2D eigenvalue weighted by molar-refractivity contribution is 6.30. The van der Waals surface area contributed by atoms with E-state index in [0.717, 1.165) is 11.1 Å². The summed E-state index contributed by atoms with van der Waals surface area (Å²) in [6.07, 6.45) is 1.99. The summed E-state index contributed by atoms with van der Waals surface area (Å²) in [5, 5.41) is 7.87. The topological polar surface area (TPSA) is 46.9 Å². The summed E-state index contributed by atoms with van der Waals surface area (Å²) >= 11 is 5.86. The molecule has 24 heavy (non-hydrogen) atoms.